The minimum Gasteiger partial charge on any atom is -0.381 e. The maximum atomic E-state index is 12.9. The number of aromatic amines is 1. The van der Waals surface area contributed by atoms with E-state index in [9.17, 15) is 4.79 Å². The normalized spacial score (nSPS) is 24.2. The number of benzene rings is 1. The zero-order chi connectivity index (χ0) is 15.9. The Balaban J connectivity index is 1.59. The molecule has 1 spiro atoms. The number of nitrogens with one attached hydrogen (secondary N) is 1. The standard InChI is InChI=1S/C16H20N4O3/c1-11-9-20(10-16(23-11)4-6-22-7-5-16)15(21)12-2-3-13-14(8-12)18-19-17-13/h2-3,8,11H,4-7,9-10H2,1H3,(H,17,18,19). The third-order valence-electron chi connectivity index (χ3n) is 4.66. The van der Waals surface area contributed by atoms with Crippen LogP contribution in [0.3, 0.4) is 0 Å². The van der Waals surface area contributed by atoms with E-state index >= 15 is 0 Å². The van der Waals surface area contributed by atoms with Crippen molar-refractivity contribution in [2.75, 3.05) is 26.3 Å². The molecule has 0 radical (unpaired) electrons. The maximum Gasteiger partial charge on any atom is 0.254 e. The lowest BCUT2D eigenvalue weighted by Crippen LogP contribution is -2.58. The molecule has 2 saturated heterocycles. The first kappa shape index (κ1) is 14.6. The summed E-state index contributed by atoms with van der Waals surface area (Å²) in [5.74, 6) is 0.0240. The van der Waals surface area contributed by atoms with E-state index in [1.165, 1.54) is 0 Å². The van der Waals surface area contributed by atoms with Crippen LogP contribution in [0, 0.1) is 0 Å². The highest BCUT2D eigenvalue weighted by molar-refractivity contribution is 5.97. The Bertz CT molecular complexity index is 723. The molecule has 1 unspecified atom stereocenters. The Hall–Kier alpha value is -1.99. The van der Waals surface area contributed by atoms with Gasteiger partial charge in [0, 0.05) is 38.2 Å². The summed E-state index contributed by atoms with van der Waals surface area (Å²) in [5, 5.41) is 10.7. The fraction of sp³-hybridized carbons (Fsp3) is 0.562. The molecule has 1 N–H and O–H groups in total. The minimum absolute atomic E-state index is 0.0240. The van der Waals surface area contributed by atoms with Crippen LogP contribution in [0.25, 0.3) is 11.0 Å². The van der Waals surface area contributed by atoms with Crippen LogP contribution in [0.5, 0.6) is 0 Å². The van der Waals surface area contributed by atoms with Gasteiger partial charge in [-0.3, -0.25) is 4.79 Å². The molecule has 0 saturated carbocycles. The molecule has 7 heteroatoms. The molecule has 3 heterocycles. The number of ether oxygens (including phenoxy) is 2. The Morgan fingerprint density at radius 2 is 2.09 bits per heavy atom. The predicted molar refractivity (Wildman–Crippen MR) is 83.1 cm³/mol. The number of rotatable bonds is 1. The average Bonchev–Trinajstić information content (AvgIpc) is 3.01. The van der Waals surface area contributed by atoms with Crippen molar-refractivity contribution in [3.63, 3.8) is 0 Å². The van der Waals surface area contributed by atoms with Gasteiger partial charge in [0.25, 0.3) is 5.91 Å². The quantitative estimate of drug-likeness (QED) is 0.859. The number of hydrogen-bond acceptors (Lipinski definition) is 5. The summed E-state index contributed by atoms with van der Waals surface area (Å²) in [6.07, 6.45) is 1.70. The van der Waals surface area contributed by atoms with Gasteiger partial charge in [-0.15, -0.1) is 0 Å². The van der Waals surface area contributed by atoms with Gasteiger partial charge in [-0.2, -0.15) is 15.4 Å². The number of fused-ring (bicyclic) bond motifs is 1. The highest BCUT2D eigenvalue weighted by atomic mass is 16.5. The molecule has 2 fully saturated rings. The zero-order valence-electron chi connectivity index (χ0n) is 13.1. The zero-order valence-corrected chi connectivity index (χ0v) is 13.1. The second-order valence-corrected chi connectivity index (χ2v) is 6.44. The van der Waals surface area contributed by atoms with E-state index in [1.807, 2.05) is 24.0 Å². The van der Waals surface area contributed by atoms with E-state index in [-0.39, 0.29) is 17.6 Å². The molecule has 1 aromatic carbocycles. The van der Waals surface area contributed by atoms with Crippen molar-refractivity contribution >= 4 is 16.9 Å². The first-order valence-corrected chi connectivity index (χ1v) is 8.01. The fourth-order valence-corrected chi connectivity index (χ4v) is 3.55. The van der Waals surface area contributed by atoms with E-state index in [0.29, 0.717) is 37.4 Å². The highest BCUT2D eigenvalue weighted by Crippen LogP contribution is 2.32. The Morgan fingerprint density at radius 3 is 2.91 bits per heavy atom. The molecule has 122 valence electrons. The van der Waals surface area contributed by atoms with Crippen LogP contribution in [0.15, 0.2) is 18.2 Å². The Labute approximate surface area is 133 Å². The first-order chi connectivity index (χ1) is 11.2. The van der Waals surface area contributed by atoms with Gasteiger partial charge in [-0.05, 0) is 25.1 Å². The van der Waals surface area contributed by atoms with Gasteiger partial charge in [0.2, 0.25) is 0 Å². The molecule has 2 aliphatic heterocycles. The van der Waals surface area contributed by atoms with Crippen LogP contribution in [-0.2, 0) is 9.47 Å². The van der Waals surface area contributed by atoms with Crippen LogP contribution >= 0.6 is 0 Å². The number of amides is 1. The number of nitrogens with zero attached hydrogens (tertiary/aromatic N) is 3. The molecule has 7 nitrogen and oxygen atoms in total. The van der Waals surface area contributed by atoms with E-state index in [4.69, 9.17) is 9.47 Å². The Kier molecular flexibility index (Phi) is 3.54. The minimum atomic E-state index is -0.260. The molecular formula is C16H20N4O3. The van der Waals surface area contributed by atoms with E-state index in [2.05, 4.69) is 15.4 Å². The molecule has 0 aliphatic carbocycles. The molecule has 2 aliphatic rings. The van der Waals surface area contributed by atoms with Gasteiger partial charge in [0.05, 0.1) is 18.2 Å². The third kappa shape index (κ3) is 2.70. The molecule has 2 aromatic rings. The van der Waals surface area contributed by atoms with Gasteiger partial charge < -0.3 is 14.4 Å². The van der Waals surface area contributed by atoms with Gasteiger partial charge >= 0.3 is 0 Å². The molecule has 23 heavy (non-hydrogen) atoms. The second-order valence-electron chi connectivity index (χ2n) is 6.44. The molecule has 4 rings (SSSR count). The predicted octanol–water partition coefficient (Wildman–Crippen LogP) is 1.37. The van der Waals surface area contributed by atoms with Crippen molar-refractivity contribution in [3.05, 3.63) is 23.8 Å². The van der Waals surface area contributed by atoms with Crippen molar-refractivity contribution in [1.29, 1.82) is 0 Å². The maximum absolute atomic E-state index is 12.9. The second kappa shape index (κ2) is 5.58. The van der Waals surface area contributed by atoms with Crippen molar-refractivity contribution in [1.82, 2.24) is 20.3 Å². The summed E-state index contributed by atoms with van der Waals surface area (Å²) in [4.78, 5) is 14.8. The van der Waals surface area contributed by atoms with Crippen molar-refractivity contribution in [2.45, 2.75) is 31.5 Å². The lowest BCUT2D eigenvalue weighted by molar-refractivity contribution is -0.176. The molecule has 1 atom stereocenters. The number of H-pyrrole nitrogens is 1. The SMILES string of the molecule is CC1CN(C(=O)c2ccc3n[nH]nc3c2)CC2(CCOCC2)O1. The van der Waals surface area contributed by atoms with Crippen LogP contribution in [0.1, 0.15) is 30.1 Å². The lowest BCUT2D eigenvalue weighted by atomic mass is 9.91. The molecule has 0 bridgehead atoms. The van der Waals surface area contributed by atoms with Crippen molar-refractivity contribution < 1.29 is 14.3 Å². The number of morpholine rings is 1. The summed E-state index contributed by atoms with van der Waals surface area (Å²) in [6, 6.07) is 5.42. The van der Waals surface area contributed by atoms with Gasteiger partial charge in [-0.1, -0.05) is 0 Å². The monoisotopic (exact) mass is 316 g/mol. The molecule has 1 aromatic heterocycles. The topological polar surface area (TPSA) is 80.3 Å². The van der Waals surface area contributed by atoms with Crippen molar-refractivity contribution in [2.24, 2.45) is 0 Å². The number of carbonyl (C=O) groups is 1. The third-order valence-corrected chi connectivity index (χ3v) is 4.66. The summed E-state index contributed by atoms with van der Waals surface area (Å²) in [6.45, 7) is 4.64. The molecular weight excluding hydrogens is 296 g/mol. The van der Waals surface area contributed by atoms with Gasteiger partial charge in [0.1, 0.15) is 11.0 Å². The summed E-state index contributed by atoms with van der Waals surface area (Å²) in [5.41, 5.74) is 1.85. The van der Waals surface area contributed by atoms with Crippen LogP contribution in [-0.4, -0.2) is 64.2 Å². The lowest BCUT2D eigenvalue weighted by Gasteiger charge is -2.47. The van der Waals surface area contributed by atoms with Gasteiger partial charge in [-0.25, -0.2) is 0 Å². The van der Waals surface area contributed by atoms with Crippen LogP contribution < -0.4 is 0 Å². The number of hydrogen-bond donors (Lipinski definition) is 1. The largest absolute Gasteiger partial charge is 0.381 e. The van der Waals surface area contributed by atoms with Gasteiger partial charge in [0.15, 0.2) is 0 Å². The first-order valence-electron chi connectivity index (χ1n) is 8.01. The highest BCUT2D eigenvalue weighted by Gasteiger charge is 2.42. The fourth-order valence-electron chi connectivity index (χ4n) is 3.55. The summed E-state index contributed by atoms with van der Waals surface area (Å²) < 4.78 is 11.6. The van der Waals surface area contributed by atoms with Crippen molar-refractivity contribution in [3.8, 4) is 0 Å². The Morgan fingerprint density at radius 1 is 1.30 bits per heavy atom. The number of aromatic nitrogens is 3. The van der Waals surface area contributed by atoms with Crippen LogP contribution in [0.2, 0.25) is 0 Å². The summed E-state index contributed by atoms with van der Waals surface area (Å²) in [7, 11) is 0. The van der Waals surface area contributed by atoms with E-state index < -0.39 is 0 Å². The smallest absolute Gasteiger partial charge is 0.254 e. The molecule has 1 amide bonds. The number of carbonyl (C=O) groups excluding carboxylic acids is 1. The van der Waals surface area contributed by atoms with Crippen LogP contribution in [0.4, 0.5) is 0 Å². The summed E-state index contributed by atoms with van der Waals surface area (Å²) >= 11 is 0. The van der Waals surface area contributed by atoms with E-state index in [0.717, 1.165) is 18.4 Å². The average molecular weight is 316 g/mol. The van der Waals surface area contributed by atoms with E-state index in [1.54, 1.807) is 6.07 Å².